The number of nitrogens with two attached hydrogens (primary N) is 1. The molecule has 3 heterocycles. The number of benzene rings is 1. The number of likely N-dealkylation sites (N-methyl/N-ethyl adjacent to an activating group) is 1. The number of nitrogens with zero attached hydrogens (tertiary/aromatic N) is 4. The molecule has 0 radical (unpaired) electrons. The highest BCUT2D eigenvalue weighted by Crippen LogP contribution is 2.31. The van der Waals surface area contributed by atoms with Crippen molar-refractivity contribution in [2.24, 2.45) is 5.73 Å². The third-order valence-corrected chi connectivity index (χ3v) is 6.18. The first-order chi connectivity index (χ1) is 15.7. The molecule has 1 fully saturated rings. The van der Waals surface area contributed by atoms with Crippen molar-refractivity contribution in [1.82, 2.24) is 14.9 Å². The Hall–Kier alpha value is -3.18. The molecule has 11 heteroatoms. The Morgan fingerprint density at radius 1 is 1.18 bits per heavy atom. The zero-order chi connectivity index (χ0) is 23.6. The maximum Gasteiger partial charge on any atom is 0.573 e. The zero-order valence-corrected chi connectivity index (χ0v) is 18.6. The average Bonchev–Trinajstić information content (AvgIpc) is 3.23. The summed E-state index contributed by atoms with van der Waals surface area (Å²) in [5, 5.41) is 2.39. The number of pyridine rings is 1. The van der Waals surface area contributed by atoms with Crippen molar-refractivity contribution in [3.8, 4) is 17.0 Å². The van der Waals surface area contributed by atoms with Crippen LogP contribution >= 0.6 is 11.3 Å². The molecular formula is C22H22F3N5O2S. The minimum atomic E-state index is -4.85. The molecule has 0 unspecified atom stereocenters. The van der Waals surface area contributed by atoms with Crippen molar-refractivity contribution in [2.45, 2.75) is 12.8 Å². The second kappa shape index (κ2) is 9.36. The van der Waals surface area contributed by atoms with Crippen molar-refractivity contribution in [1.29, 1.82) is 0 Å². The van der Waals surface area contributed by atoms with E-state index in [1.807, 2.05) is 17.5 Å². The summed E-state index contributed by atoms with van der Waals surface area (Å²) in [5.41, 5.74) is 7.04. The van der Waals surface area contributed by atoms with E-state index < -0.39 is 12.3 Å². The van der Waals surface area contributed by atoms with Crippen LogP contribution in [-0.2, 0) is 6.42 Å². The molecule has 2 aromatic heterocycles. The Labute approximate surface area is 192 Å². The lowest BCUT2D eigenvalue weighted by molar-refractivity contribution is -0.274. The number of thiazole rings is 1. The van der Waals surface area contributed by atoms with Crippen LogP contribution in [0.3, 0.4) is 0 Å². The third kappa shape index (κ3) is 5.79. The van der Waals surface area contributed by atoms with Crippen LogP contribution < -0.4 is 15.4 Å². The average molecular weight is 478 g/mol. The fourth-order valence-electron chi connectivity index (χ4n) is 3.54. The van der Waals surface area contributed by atoms with Crippen molar-refractivity contribution in [3.05, 3.63) is 58.0 Å². The molecule has 2 N–H and O–H groups in total. The highest BCUT2D eigenvalue weighted by atomic mass is 32.1. The van der Waals surface area contributed by atoms with Gasteiger partial charge in [-0.3, -0.25) is 4.79 Å². The molecule has 1 aromatic carbocycles. The Morgan fingerprint density at radius 3 is 2.58 bits per heavy atom. The van der Waals surface area contributed by atoms with Gasteiger partial charge in [-0.05, 0) is 37.4 Å². The maximum absolute atomic E-state index is 12.8. The smallest absolute Gasteiger partial charge is 0.405 e. The highest BCUT2D eigenvalue weighted by molar-refractivity contribution is 7.10. The van der Waals surface area contributed by atoms with Gasteiger partial charge in [0.05, 0.1) is 10.7 Å². The first-order valence-electron chi connectivity index (χ1n) is 10.2. The predicted octanol–water partition coefficient (Wildman–Crippen LogP) is 3.55. The lowest BCUT2D eigenvalue weighted by atomic mass is 10.1. The molecule has 0 bridgehead atoms. The minimum absolute atomic E-state index is 0.0595. The molecule has 3 aromatic rings. The topological polar surface area (TPSA) is 84.6 Å². The standard InChI is InChI=1S/C22H22F3N5O2S/c1-29-6-8-30(9-7-29)19-5-3-15(12-27-19)17-13-33-20(28-17)11-16-10-14(21(26)31)2-4-18(16)32-22(23,24)25/h2-5,10,12-13H,6-9,11H2,1H3,(H2,26,31). The number of hydrogen-bond donors (Lipinski definition) is 1. The van der Waals surface area contributed by atoms with Crippen LogP contribution in [-0.4, -0.2) is 60.4 Å². The van der Waals surface area contributed by atoms with Gasteiger partial charge in [-0.2, -0.15) is 0 Å². The molecule has 4 rings (SSSR count). The molecule has 1 aliphatic heterocycles. The molecule has 0 aliphatic carbocycles. The number of aromatic nitrogens is 2. The minimum Gasteiger partial charge on any atom is -0.405 e. The Balaban J connectivity index is 1.52. The van der Waals surface area contributed by atoms with E-state index in [0.717, 1.165) is 43.6 Å². The summed E-state index contributed by atoms with van der Waals surface area (Å²) < 4.78 is 42.5. The number of rotatable bonds is 6. The number of halogens is 3. The molecule has 0 saturated carbocycles. The van der Waals surface area contributed by atoms with Crippen molar-refractivity contribution in [2.75, 3.05) is 38.1 Å². The van der Waals surface area contributed by atoms with E-state index in [2.05, 4.69) is 31.6 Å². The van der Waals surface area contributed by atoms with Gasteiger partial charge in [0.15, 0.2) is 0 Å². The summed E-state index contributed by atoms with van der Waals surface area (Å²) in [6.45, 7) is 3.79. The number of hydrogen-bond acceptors (Lipinski definition) is 7. The summed E-state index contributed by atoms with van der Waals surface area (Å²) in [6, 6.07) is 7.49. The molecule has 1 amide bonds. The number of primary amides is 1. The lowest BCUT2D eigenvalue weighted by Crippen LogP contribution is -2.44. The van der Waals surface area contributed by atoms with E-state index >= 15 is 0 Å². The van der Waals surface area contributed by atoms with Gasteiger partial charge in [0.1, 0.15) is 11.6 Å². The molecule has 0 spiro atoms. The zero-order valence-electron chi connectivity index (χ0n) is 17.8. The highest BCUT2D eigenvalue weighted by Gasteiger charge is 2.32. The summed E-state index contributed by atoms with van der Waals surface area (Å²) in [4.78, 5) is 25.1. The monoisotopic (exact) mass is 477 g/mol. The summed E-state index contributed by atoms with van der Waals surface area (Å²) in [7, 11) is 2.09. The quantitative estimate of drug-likeness (QED) is 0.585. The van der Waals surface area contributed by atoms with E-state index in [1.165, 1.54) is 23.5 Å². The van der Waals surface area contributed by atoms with Gasteiger partial charge < -0.3 is 20.3 Å². The van der Waals surface area contributed by atoms with Gasteiger partial charge in [0, 0.05) is 60.9 Å². The Kier molecular flexibility index (Phi) is 6.52. The van der Waals surface area contributed by atoms with E-state index in [1.54, 1.807) is 6.20 Å². The van der Waals surface area contributed by atoms with Crippen LogP contribution in [0.15, 0.2) is 41.9 Å². The van der Waals surface area contributed by atoms with Crippen molar-refractivity contribution in [3.63, 3.8) is 0 Å². The summed E-state index contributed by atoms with van der Waals surface area (Å²) in [6.07, 6.45) is -3.05. The first kappa shape index (κ1) is 23.0. The van der Waals surface area contributed by atoms with Gasteiger partial charge in [-0.25, -0.2) is 9.97 Å². The van der Waals surface area contributed by atoms with E-state index in [0.29, 0.717) is 10.7 Å². The van der Waals surface area contributed by atoms with E-state index in [-0.39, 0.29) is 23.3 Å². The molecule has 7 nitrogen and oxygen atoms in total. The predicted molar refractivity (Wildman–Crippen MR) is 120 cm³/mol. The van der Waals surface area contributed by atoms with Crippen molar-refractivity contribution >= 4 is 23.1 Å². The van der Waals surface area contributed by atoms with E-state index in [9.17, 15) is 18.0 Å². The van der Waals surface area contributed by atoms with Gasteiger partial charge in [-0.15, -0.1) is 24.5 Å². The maximum atomic E-state index is 12.8. The van der Waals surface area contributed by atoms with Crippen LogP contribution in [0.2, 0.25) is 0 Å². The Morgan fingerprint density at radius 2 is 1.94 bits per heavy atom. The fraction of sp³-hybridized carbons (Fsp3) is 0.318. The van der Waals surface area contributed by atoms with Gasteiger partial charge in [0.2, 0.25) is 5.91 Å². The van der Waals surface area contributed by atoms with Crippen LogP contribution in [0.25, 0.3) is 11.3 Å². The summed E-state index contributed by atoms with van der Waals surface area (Å²) >= 11 is 1.30. The molecular weight excluding hydrogens is 455 g/mol. The lowest BCUT2D eigenvalue weighted by Gasteiger charge is -2.33. The van der Waals surface area contributed by atoms with Gasteiger partial charge in [-0.1, -0.05) is 0 Å². The number of alkyl halides is 3. The summed E-state index contributed by atoms with van der Waals surface area (Å²) in [5.74, 6) is -0.219. The number of piperazine rings is 1. The van der Waals surface area contributed by atoms with Crippen LogP contribution in [0, 0.1) is 0 Å². The molecule has 174 valence electrons. The number of amides is 1. The number of anilines is 1. The molecule has 0 atom stereocenters. The van der Waals surface area contributed by atoms with E-state index in [4.69, 9.17) is 5.73 Å². The third-order valence-electron chi connectivity index (χ3n) is 5.34. The van der Waals surface area contributed by atoms with Crippen molar-refractivity contribution < 1.29 is 22.7 Å². The second-order valence-electron chi connectivity index (χ2n) is 7.73. The molecule has 33 heavy (non-hydrogen) atoms. The van der Waals surface area contributed by atoms with Crippen LogP contribution in [0.1, 0.15) is 20.9 Å². The van der Waals surface area contributed by atoms with Gasteiger partial charge in [0.25, 0.3) is 0 Å². The normalized spacial score (nSPS) is 15.0. The SMILES string of the molecule is CN1CCN(c2ccc(-c3csc(Cc4cc(C(N)=O)ccc4OC(F)(F)F)n3)cn2)CC1. The number of carbonyl (C=O) groups is 1. The first-order valence-corrected chi connectivity index (χ1v) is 11.1. The molecule has 1 aliphatic rings. The second-order valence-corrected chi connectivity index (χ2v) is 8.68. The Bertz CT molecular complexity index is 1130. The fourth-order valence-corrected chi connectivity index (χ4v) is 4.37. The van der Waals surface area contributed by atoms with Crippen LogP contribution in [0.4, 0.5) is 19.0 Å². The number of carbonyl (C=O) groups excluding carboxylic acids is 1. The molecule has 1 saturated heterocycles. The largest absolute Gasteiger partial charge is 0.573 e. The number of ether oxygens (including phenoxy) is 1. The van der Waals surface area contributed by atoms with Crippen LogP contribution in [0.5, 0.6) is 5.75 Å². The van der Waals surface area contributed by atoms with Gasteiger partial charge >= 0.3 is 6.36 Å².